The van der Waals surface area contributed by atoms with Crippen LogP contribution in [-0.2, 0) is 4.74 Å². The fourth-order valence-electron chi connectivity index (χ4n) is 2.82. The van der Waals surface area contributed by atoms with Crippen molar-refractivity contribution in [1.82, 2.24) is 0 Å². The van der Waals surface area contributed by atoms with E-state index in [1.54, 1.807) is 0 Å². The van der Waals surface area contributed by atoms with E-state index in [1.807, 2.05) is 12.1 Å². The molecule has 1 unspecified atom stereocenters. The maximum atomic E-state index is 12.4. The van der Waals surface area contributed by atoms with Crippen LogP contribution in [0.5, 0.6) is 0 Å². The quantitative estimate of drug-likeness (QED) is 0.758. The molecule has 0 spiro atoms. The average Bonchev–Trinajstić information content (AvgIpc) is 2.37. The minimum atomic E-state index is -0.199. The third-order valence-electron chi connectivity index (χ3n) is 4.22. The number of ether oxygens (including phenoxy) is 1. The molecule has 0 radical (unpaired) electrons. The molecule has 0 amide bonds. The van der Waals surface area contributed by atoms with E-state index in [4.69, 9.17) is 4.74 Å². The average molecular weight is 244 g/mol. The Hall–Kier alpha value is -1.15. The summed E-state index contributed by atoms with van der Waals surface area (Å²) in [7, 11) is 0. The molecule has 1 atom stereocenters. The normalized spacial score (nSPS) is 24.6. The SMILES string of the molecule is O=C(c1cccc(C2CCC2)c1)C1CCCCO1. The number of ketones is 1. The Morgan fingerprint density at radius 3 is 2.67 bits per heavy atom. The zero-order valence-electron chi connectivity index (χ0n) is 10.7. The van der Waals surface area contributed by atoms with E-state index in [0.29, 0.717) is 5.92 Å². The van der Waals surface area contributed by atoms with Crippen LogP contribution in [0.25, 0.3) is 0 Å². The second kappa shape index (κ2) is 5.23. The largest absolute Gasteiger partial charge is 0.370 e. The monoisotopic (exact) mass is 244 g/mol. The van der Waals surface area contributed by atoms with Gasteiger partial charge in [0.2, 0.25) is 0 Å². The van der Waals surface area contributed by atoms with Crippen LogP contribution in [-0.4, -0.2) is 18.5 Å². The molecule has 96 valence electrons. The standard InChI is InChI=1S/C16H20O2/c17-16(15-9-1-2-10-18-15)14-8-4-7-13(11-14)12-5-3-6-12/h4,7-8,11-12,15H,1-3,5-6,9-10H2. The minimum Gasteiger partial charge on any atom is -0.370 e. The number of carbonyl (C=O) groups excluding carboxylic acids is 1. The molecule has 1 aromatic rings. The van der Waals surface area contributed by atoms with Gasteiger partial charge in [-0.3, -0.25) is 4.79 Å². The van der Waals surface area contributed by atoms with Gasteiger partial charge in [0.25, 0.3) is 0 Å². The zero-order chi connectivity index (χ0) is 12.4. The van der Waals surface area contributed by atoms with Gasteiger partial charge in [0.15, 0.2) is 5.78 Å². The molecular weight excluding hydrogens is 224 g/mol. The smallest absolute Gasteiger partial charge is 0.191 e. The first-order valence-corrected chi connectivity index (χ1v) is 7.10. The van der Waals surface area contributed by atoms with Crippen molar-refractivity contribution in [2.75, 3.05) is 6.61 Å². The van der Waals surface area contributed by atoms with Crippen molar-refractivity contribution >= 4 is 5.78 Å². The summed E-state index contributed by atoms with van der Waals surface area (Å²) in [6.45, 7) is 0.735. The maximum absolute atomic E-state index is 12.4. The lowest BCUT2D eigenvalue weighted by molar-refractivity contribution is 0.0186. The third-order valence-corrected chi connectivity index (χ3v) is 4.22. The molecule has 0 bridgehead atoms. The summed E-state index contributed by atoms with van der Waals surface area (Å²) in [5.74, 6) is 0.862. The third kappa shape index (κ3) is 2.35. The Labute approximate surface area is 108 Å². The van der Waals surface area contributed by atoms with Crippen LogP contribution in [0.2, 0.25) is 0 Å². The Morgan fingerprint density at radius 2 is 2.00 bits per heavy atom. The highest BCUT2D eigenvalue weighted by Crippen LogP contribution is 2.36. The van der Waals surface area contributed by atoms with Crippen LogP contribution >= 0.6 is 0 Å². The molecule has 2 aliphatic rings. The Bertz CT molecular complexity index is 428. The fourth-order valence-corrected chi connectivity index (χ4v) is 2.82. The van der Waals surface area contributed by atoms with Gasteiger partial charge < -0.3 is 4.74 Å². The number of Topliss-reactive ketones (excluding diaryl/α,β-unsaturated/α-hetero) is 1. The van der Waals surface area contributed by atoms with Crippen LogP contribution < -0.4 is 0 Å². The minimum absolute atomic E-state index is 0.177. The zero-order valence-corrected chi connectivity index (χ0v) is 10.7. The predicted molar refractivity (Wildman–Crippen MR) is 71.0 cm³/mol. The van der Waals surface area contributed by atoms with E-state index in [0.717, 1.165) is 31.4 Å². The summed E-state index contributed by atoms with van der Waals surface area (Å²) in [5.41, 5.74) is 2.18. The predicted octanol–water partition coefficient (Wildman–Crippen LogP) is 3.71. The highest BCUT2D eigenvalue weighted by Gasteiger charge is 2.25. The molecule has 0 aromatic heterocycles. The maximum Gasteiger partial charge on any atom is 0.191 e. The highest BCUT2D eigenvalue weighted by molar-refractivity contribution is 5.99. The van der Waals surface area contributed by atoms with E-state index in [1.165, 1.54) is 24.8 Å². The van der Waals surface area contributed by atoms with Crippen molar-refractivity contribution in [2.45, 2.75) is 50.5 Å². The first-order chi connectivity index (χ1) is 8.84. The van der Waals surface area contributed by atoms with Gasteiger partial charge in [-0.05, 0) is 49.7 Å². The molecule has 2 nitrogen and oxygen atoms in total. The summed E-state index contributed by atoms with van der Waals surface area (Å²) in [4.78, 5) is 12.4. The van der Waals surface area contributed by atoms with Gasteiger partial charge in [-0.2, -0.15) is 0 Å². The van der Waals surface area contributed by atoms with Crippen LogP contribution in [0.1, 0.15) is 60.4 Å². The fraction of sp³-hybridized carbons (Fsp3) is 0.562. The number of hydrogen-bond acceptors (Lipinski definition) is 2. The Morgan fingerprint density at radius 1 is 1.11 bits per heavy atom. The van der Waals surface area contributed by atoms with Gasteiger partial charge in [0.05, 0.1) is 0 Å². The van der Waals surface area contributed by atoms with Crippen molar-refractivity contribution < 1.29 is 9.53 Å². The second-order valence-corrected chi connectivity index (χ2v) is 5.47. The molecule has 1 aliphatic carbocycles. The lowest BCUT2D eigenvalue weighted by Gasteiger charge is -2.26. The molecule has 1 aliphatic heterocycles. The lowest BCUT2D eigenvalue weighted by Crippen LogP contribution is -2.28. The van der Waals surface area contributed by atoms with Crippen molar-refractivity contribution in [3.63, 3.8) is 0 Å². The van der Waals surface area contributed by atoms with Gasteiger partial charge in [-0.15, -0.1) is 0 Å². The Kier molecular flexibility index (Phi) is 3.46. The molecule has 2 fully saturated rings. The first-order valence-electron chi connectivity index (χ1n) is 7.10. The van der Waals surface area contributed by atoms with Crippen LogP contribution in [0.4, 0.5) is 0 Å². The van der Waals surface area contributed by atoms with Crippen molar-refractivity contribution in [3.05, 3.63) is 35.4 Å². The van der Waals surface area contributed by atoms with E-state index < -0.39 is 0 Å². The highest BCUT2D eigenvalue weighted by atomic mass is 16.5. The molecule has 0 N–H and O–H groups in total. The van der Waals surface area contributed by atoms with Crippen molar-refractivity contribution in [3.8, 4) is 0 Å². The number of hydrogen-bond donors (Lipinski definition) is 0. The van der Waals surface area contributed by atoms with Gasteiger partial charge in [-0.25, -0.2) is 0 Å². The van der Waals surface area contributed by atoms with Gasteiger partial charge in [-0.1, -0.05) is 24.6 Å². The Balaban J connectivity index is 1.75. The molecule has 1 saturated carbocycles. The summed E-state index contributed by atoms with van der Waals surface area (Å²) in [6.07, 6.45) is 6.76. The van der Waals surface area contributed by atoms with E-state index >= 15 is 0 Å². The van der Waals surface area contributed by atoms with Gasteiger partial charge in [0, 0.05) is 12.2 Å². The van der Waals surface area contributed by atoms with Gasteiger partial charge >= 0.3 is 0 Å². The van der Waals surface area contributed by atoms with Crippen LogP contribution in [0.3, 0.4) is 0 Å². The number of carbonyl (C=O) groups is 1. The lowest BCUT2D eigenvalue weighted by atomic mass is 9.79. The van der Waals surface area contributed by atoms with Crippen LogP contribution in [0, 0.1) is 0 Å². The molecule has 1 heterocycles. The summed E-state index contributed by atoms with van der Waals surface area (Å²) >= 11 is 0. The summed E-state index contributed by atoms with van der Waals surface area (Å²) in [5, 5.41) is 0. The number of rotatable bonds is 3. The molecule has 2 heteroatoms. The molecule has 1 saturated heterocycles. The molecule has 18 heavy (non-hydrogen) atoms. The topological polar surface area (TPSA) is 26.3 Å². The van der Waals surface area contributed by atoms with Crippen molar-refractivity contribution in [2.24, 2.45) is 0 Å². The molecular formula is C16H20O2. The number of benzene rings is 1. The van der Waals surface area contributed by atoms with Crippen molar-refractivity contribution in [1.29, 1.82) is 0 Å². The van der Waals surface area contributed by atoms with E-state index in [2.05, 4.69) is 12.1 Å². The molecule has 3 rings (SSSR count). The summed E-state index contributed by atoms with van der Waals surface area (Å²) in [6, 6.07) is 8.19. The van der Waals surface area contributed by atoms with E-state index in [9.17, 15) is 4.79 Å². The molecule has 1 aromatic carbocycles. The second-order valence-electron chi connectivity index (χ2n) is 5.47. The van der Waals surface area contributed by atoms with E-state index in [-0.39, 0.29) is 11.9 Å². The first kappa shape index (κ1) is 11.9. The summed E-state index contributed by atoms with van der Waals surface area (Å²) < 4.78 is 5.59. The van der Waals surface area contributed by atoms with Crippen LogP contribution in [0.15, 0.2) is 24.3 Å². The van der Waals surface area contributed by atoms with Gasteiger partial charge in [0.1, 0.15) is 6.10 Å².